The second kappa shape index (κ2) is 38.3. The topological polar surface area (TPSA) is 110 Å². The maximum atomic E-state index is 12.5. The third-order valence-corrected chi connectivity index (χ3v) is 10.2. The van der Waals surface area contributed by atoms with Gasteiger partial charge in [0.1, 0.15) is 12.2 Å². The third kappa shape index (κ3) is 32.7. The van der Waals surface area contributed by atoms with Crippen molar-refractivity contribution in [1.82, 2.24) is 5.32 Å². The fraction of sp³-hybridized carbons (Fsp3) is 0.930. The summed E-state index contributed by atoms with van der Waals surface area (Å²) in [4.78, 5) is 12.5. The van der Waals surface area contributed by atoms with Gasteiger partial charge in [-0.05, 0) is 38.5 Å². The Kier molecular flexibility index (Phi) is 37.5. The zero-order valence-corrected chi connectivity index (χ0v) is 32.7. The van der Waals surface area contributed by atoms with Crippen molar-refractivity contribution in [1.29, 1.82) is 0 Å². The van der Waals surface area contributed by atoms with Crippen LogP contribution in [0.25, 0.3) is 0 Å². The Morgan fingerprint density at radius 2 is 0.837 bits per heavy atom. The first-order chi connectivity index (χ1) is 24.0. The van der Waals surface area contributed by atoms with Gasteiger partial charge >= 0.3 is 0 Å². The second-order valence-electron chi connectivity index (χ2n) is 15.0. The summed E-state index contributed by atoms with van der Waals surface area (Å²) in [5.41, 5.74) is 0. The van der Waals surface area contributed by atoms with Crippen molar-refractivity contribution in [2.75, 3.05) is 6.61 Å². The molecule has 5 N–H and O–H groups in total. The highest BCUT2D eigenvalue weighted by Crippen LogP contribution is 2.16. The zero-order chi connectivity index (χ0) is 36.0. The van der Waals surface area contributed by atoms with E-state index in [1.54, 1.807) is 0 Å². The van der Waals surface area contributed by atoms with Crippen LogP contribution >= 0.6 is 0 Å². The first-order valence-electron chi connectivity index (χ1n) is 21.6. The van der Waals surface area contributed by atoms with E-state index in [1.165, 1.54) is 161 Å². The molecule has 0 aliphatic carbocycles. The second-order valence-corrected chi connectivity index (χ2v) is 15.0. The van der Waals surface area contributed by atoms with Crippen LogP contribution in [0, 0.1) is 0 Å². The molecule has 0 aliphatic heterocycles. The molecule has 0 heterocycles. The molecule has 0 aliphatic rings. The van der Waals surface area contributed by atoms with Gasteiger partial charge in [0.05, 0.1) is 18.8 Å². The van der Waals surface area contributed by atoms with Gasteiger partial charge in [-0.15, -0.1) is 0 Å². The van der Waals surface area contributed by atoms with Gasteiger partial charge < -0.3 is 25.7 Å². The Labute approximate surface area is 304 Å². The van der Waals surface area contributed by atoms with E-state index >= 15 is 0 Å². The van der Waals surface area contributed by atoms with Crippen molar-refractivity contribution in [3.63, 3.8) is 0 Å². The molecule has 1 amide bonds. The van der Waals surface area contributed by atoms with E-state index in [0.717, 1.165) is 38.5 Å². The Hall–Kier alpha value is -0.950. The molecule has 292 valence electrons. The fourth-order valence-electron chi connectivity index (χ4n) is 6.76. The van der Waals surface area contributed by atoms with E-state index in [4.69, 9.17) is 0 Å². The Morgan fingerprint density at radius 1 is 0.490 bits per heavy atom. The lowest BCUT2D eigenvalue weighted by Crippen LogP contribution is -2.53. The molecule has 0 spiro atoms. The average Bonchev–Trinajstić information content (AvgIpc) is 3.11. The molecule has 49 heavy (non-hydrogen) atoms. The van der Waals surface area contributed by atoms with Crippen LogP contribution in [0.4, 0.5) is 0 Å². The predicted molar refractivity (Wildman–Crippen MR) is 210 cm³/mol. The van der Waals surface area contributed by atoms with E-state index in [9.17, 15) is 25.2 Å². The summed E-state index contributed by atoms with van der Waals surface area (Å²) in [6, 6.07) is -0.995. The van der Waals surface area contributed by atoms with Gasteiger partial charge in [0.25, 0.3) is 0 Å². The van der Waals surface area contributed by atoms with Crippen LogP contribution in [0.15, 0.2) is 12.2 Å². The van der Waals surface area contributed by atoms with E-state index in [-0.39, 0.29) is 0 Å². The standard InChI is InChI=1S/C43H85NO5/c1-3-5-7-9-11-13-15-16-17-18-19-20-21-22-23-24-25-27-29-31-33-35-37-41(47)43(49)44-39(38-45)42(48)40(46)36-34-32-30-28-26-14-12-10-8-6-4-2/h28,30,39-42,45-48H,3-27,29,31-38H2,1-2H3,(H,44,49)/b30-28+. The summed E-state index contributed by atoms with van der Waals surface area (Å²) < 4.78 is 0. The fourth-order valence-corrected chi connectivity index (χ4v) is 6.76. The van der Waals surface area contributed by atoms with Crippen molar-refractivity contribution < 1.29 is 25.2 Å². The SMILES string of the molecule is CCCCCCCC/C=C/CCCC(O)C(O)C(CO)NC(=O)C(O)CCCCCCCCCCCCCCCCCCCCCCCC. The van der Waals surface area contributed by atoms with E-state index in [0.29, 0.717) is 12.8 Å². The highest BCUT2D eigenvalue weighted by Gasteiger charge is 2.28. The monoisotopic (exact) mass is 696 g/mol. The molecule has 0 bridgehead atoms. The molecule has 4 atom stereocenters. The number of aliphatic hydroxyl groups is 4. The number of hydrogen-bond donors (Lipinski definition) is 5. The van der Waals surface area contributed by atoms with Gasteiger partial charge in [0.15, 0.2) is 0 Å². The summed E-state index contributed by atoms with van der Waals surface area (Å²) >= 11 is 0. The number of rotatable bonds is 39. The van der Waals surface area contributed by atoms with Crippen LogP contribution < -0.4 is 5.32 Å². The molecule has 0 radical (unpaired) electrons. The highest BCUT2D eigenvalue weighted by molar-refractivity contribution is 5.80. The molecule has 6 heteroatoms. The van der Waals surface area contributed by atoms with Crippen molar-refractivity contribution >= 4 is 5.91 Å². The number of unbranched alkanes of at least 4 members (excludes halogenated alkanes) is 28. The number of hydrogen-bond acceptors (Lipinski definition) is 5. The molecule has 6 nitrogen and oxygen atoms in total. The third-order valence-electron chi connectivity index (χ3n) is 10.2. The maximum Gasteiger partial charge on any atom is 0.249 e. The summed E-state index contributed by atoms with van der Waals surface area (Å²) in [6.45, 7) is 4.02. The molecule has 0 fully saturated rings. The number of aliphatic hydroxyl groups excluding tert-OH is 4. The van der Waals surface area contributed by atoms with Crippen LogP contribution in [-0.4, -0.2) is 57.3 Å². The van der Waals surface area contributed by atoms with E-state index < -0.39 is 36.9 Å². The lowest BCUT2D eigenvalue weighted by molar-refractivity contribution is -0.132. The lowest BCUT2D eigenvalue weighted by atomic mass is 10.00. The number of nitrogens with one attached hydrogen (secondary N) is 1. The Balaban J connectivity index is 3.68. The van der Waals surface area contributed by atoms with Gasteiger partial charge in [0.2, 0.25) is 5.91 Å². The molecule has 0 saturated carbocycles. The minimum atomic E-state index is -1.28. The van der Waals surface area contributed by atoms with Crippen molar-refractivity contribution in [3.8, 4) is 0 Å². The van der Waals surface area contributed by atoms with Crippen LogP contribution in [0.2, 0.25) is 0 Å². The number of allylic oxidation sites excluding steroid dienone is 2. The van der Waals surface area contributed by atoms with E-state index in [1.807, 2.05) is 0 Å². The summed E-state index contributed by atoms with van der Waals surface area (Å²) in [5, 5.41) is 43.5. The Morgan fingerprint density at radius 3 is 1.22 bits per heavy atom. The minimum absolute atomic E-state index is 0.368. The molecule has 0 aromatic carbocycles. The zero-order valence-electron chi connectivity index (χ0n) is 32.7. The van der Waals surface area contributed by atoms with Crippen molar-refractivity contribution in [3.05, 3.63) is 12.2 Å². The minimum Gasteiger partial charge on any atom is -0.394 e. The maximum absolute atomic E-state index is 12.5. The lowest BCUT2D eigenvalue weighted by Gasteiger charge is -2.27. The molecular formula is C43H85NO5. The van der Waals surface area contributed by atoms with Gasteiger partial charge in [-0.2, -0.15) is 0 Å². The normalized spacial score (nSPS) is 14.3. The average molecular weight is 696 g/mol. The number of carbonyl (C=O) groups excluding carboxylic acids is 1. The Bertz CT molecular complexity index is 702. The molecule has 0 aromatic heterocycles. The quantitative estimate of drug-likeness (QED) is 0.0325. The largest absolute Gasteiger partial charge is 0.394 e. The molecular weight excluding hydrogens is 610 g/mol. The number of amides is 1. The molecule has 0 saturated heterocycles. The van der Waals surface area contributed by atoms with Gasteiger partial charge in [0, 0.05) is 0 Å². The summed E-state index contributed by atoms with van der Waals surface area (Å²) in [7, 11) is 0. The smallest absolute Gasteiger partial charge is 0.249 e. The molecule has 4 unspecified atom stereocenters. The van der Waals surface area contributed by atoms with Gasteiger partial charge in [-0.25, -0.2) is 0 Å². The van der Waals surface area contributed by atoms with Crippen LogP contribution in [0.3, 0.4) is 0 Å². The summed E-state index contributed by atoms with van der Waals surface area (Å²) in [6.07, 6.45) is 41.1. The van der Waals surface area contributed by atoms with Crippen molar-refractivity contribution in [2.24, 2.45) is 0 Å². The number of carbonyl (C=O) groups is 1. The van der Waals surface area contributed by atoms with Gasteiger partial charge in [-0.3, -0.25) is 4.79 Å². The highest BCUT2D eigenvalue weighted by atomic mass is 16.3. The van der Waals surface area contributed by atoms with Crippen molar-refractivity contribution in [2.45, 2.75) is 250 Å². The van der Waals surface area contributed by atoms with E-state index in [2.05, 4.69) is 31.3 Å². The predicted octanol–water partition coefficient (Wildman–Crippen LogP) is 11.0. The molecule has 0 aromatic rings. The van der Waals surface area contributed by atoms with Gasteiger partial charge in [-0.1, -0.05) is 199 Å². The van der Waals surface area contributed by atoms with Crippen LogP contribution in [0.1, 0.15) is 226 Å². The first kappa shape index (κ1) is 48.0. The van der Waals surface area contributed by atoms with Crippen LogP contribution in [0.5, 0.6) is 0 Å². The summed E-state index contributed by atoms with van der Waals surface area (Å²) in [5.74, 6) is -0.591. The first-order valence-corrected chi connectivity index (χ1v) is 21.6. The molecule has 0 rings (SSSR count). The van der Waals surface area contributed by atoms with Crippen LogP contribution in [-0.2, 0) is 4.79 Å².